The summed E-state index contributed by atoms with van der Waals surface area (Å²) < 4.78 is 0. The van der Waals surface area contributed by atoms with Crippen LogP contribution in [-0.4, -0.2) is 35.0 Å². The minimum atomic E-state index is -0.434. The molecule has 0 aliphatic carbocycles. The standard InChI is InChI=1S/C25H26N4O3S/c30-22(26-15-17-7-2-1-3-8-17)13-19-14-23(31)29-25(27-19)33-16-24(32)28-21-12-6-10-18-9-4-5-11-20(18)21/h1-12,19,25,27H,13-16H2,(H,26,30)(H,28,32)(H,29,31). The number of anilines is 1. The van der Waals surface area contributed by atoms with Crippen molar-refractivity contribution in [3.8, 4) is 0 Å². The minimum absolute atomic E-state index is 0.122. The van der Waals surface area contributed by atoms with E-state index >= 15 is 0 Å². The van der Waals surface area contributed by atoms with Crippen molar-refractivity contribution >= 4 is 45.9 Å². The third kappa shape index (κ3) is 6.57. The molecule has 1 saturated heterocycles. The fourth-order valence-corrected chi connectivity index (χ4v) is 4.63. The number of carbonyl (C=O) groups is 3. The molecule has 3 amide bonds. The van der Waals surface area contributed by atoms with Gasteiger partial charge < -0.3 is 16.0 Å². The maximum atomic E-state index is 12.5. The Kier molecular flexibility index (Phi) is 7.59. The van der Waals surface area contributed by atoms with Gasteiger partial charge >= 0.3 is 0 Å². The maximum absolute atomic E-state index is 12.5. The average molecular weight is 463 g/mol. The van der Waals surface area contributed by atoms with Gasteiger partial charge in [0.2, 0.25) is 17.7 Å². The molecule has 1 fully saturated rings. The van der Waals surface area contributed by atoms with Gasteiger partial charge in [-0.05, 0) is 17.0 Å². The van der Waals surface area contributed by atoms with E-state index in [1.807, 2.05) is 72.8 Å². The molecule has 0 saturated carbocycles. The number of fused-ring (bicyclic) bond motifs is 1. The molecule has 0 radical (unpaired) electrons. The number of benzene rings is 3. The predicted octanol–water partition coefficient (Wildman–Crippen LogP) is 2.98. The van der Waals surface area contributed by atoms with Crippen LogP contribution < -0.4 is 21.3 Å². The summed E-state index contributed by atoms with van der Waals surface area (Å²) in [5, 5.41) is 13.9. The fraction of sp³-hybridized carbons (Fsp3) is 0.240. The molecule has 33 heavy (non-hydrogen) atoms. The Balaban J connectivity index is 1.25. The molecule has 1 heterocycles. The van der Waals surface area contributed by atoms with Gasteiger partial charge in [-0.2, -0.15) is 0 Å². The molecular formula is C25H26N4O3S. The van der Waals surface area contributed by atoms with Crippen molar-refractivity contribution in [2.45, 2.75) is 30.9 Å². The van der Waals surface area contributed by atoms with E-state index in [0.717, 1.165) is 22.0 Å². The first-order valence-corrected chi connectivity index (χ1v) is 11.9. The lowest BCUT2D eigenvalue weighted by Gasteiger charge is -2.30. The monoisotopic (exact) mass is 462 g/mol. The van der Waals surface area contributed by atoms with Crippen molar-refractivity contribution in [3.05, 3.63) is 78.4 Å². The highest BCUT2D eigenvalue weighted by atomic mass is 32.2. The van der Waals surface area contributed by atoms with Gasteiger partial charge in [0.05, 0.1) is 5.75 Å². The Morgan fingerprint density at radius 2 is 1.70 bits per heavy atom. The number of rotatable bonds is 8. The summed E-state index contributed by atoms with van der Waals surface area (Å²) in [6, 6.07) is 23.0. The predicted molar refractivity (Wildman–Crippen MR) is 131 cm³/mol. The van der Waals surface area contributed by atoms with Crippen LogP contribution in [0.25, 0.3) is 10.8 Å². The number of hydrogen-bond acceptors (Lipinski definition) is 5. The molecule has 0 spiro atoms. The molecule has 8 heteroatoms. The lowest BCUT2D eigenvalue weighted by molar-refractivity contribution is -0.125. The van der Waals surface area contributed by atoms with Crippen LogP contribution in [-0.2, 0) is 20.9 Å². The van der Waals surface area contributed by atoms with Gasteiger partial charge in [0.25, 0.3) is 0 Å². The van der Waals surface area contributed by atoms with Crippen LogP contribution in [0.4, 0.5) is 5.69 Å². The van der Waals surface area contributed by atoms with Crippen molar-refractivity contribution < 1.29 is 14.4 Å². The number of nitrogens with one attached hydrogen (secondary N) is 4. The number of carbonyl (C=O) groups excluding carboxylic acids is 3. The van der Waals surface area contributed by atoms with Crippen LogP contribution in [0.15, 0.2) is 72.8 Å². The van der Waals surface area contributed by atoms with E-state index in [1.54, 1.807) is 0 Å². The van der Waals surface area contributed by atoms with Crippen LogP contribution in [0.5, 0.6) is 0 Å². The first-order chi connectivity index (χ1) is 16.1. The molecule has 7 nitrogen and oxygen atoms in total. The zero-order chi connectivity index (χ0) is 23.0. The molecule has 3 aromatic rings. The molecule has 2 unspecified atom stereocenters. The normalized spacial score (nSPS) is 17.9. The van der Waals surface area contributed by atoms with Gasteiger partial charge in [0.15, 0.2) is 0 Å². The fourth-order valence-electron chi connectivity index (χ4n) is 3.74. The zero-order valence-electron chi connectivity index (χ0n) is 18.0. The molecule has 1 aliphatic heterocycles. The van der Waals surface area contributed by atoms with Crippen molar-refractivity contribution in [1.82, 2.24) is 16.0 Å². The lowest BCUT2D eigenvalue weighted by atomic mass is 10.1. The van der Waals surface area contributed by atoms with Crippen molar-refractivity contribution in [2.24, 2.45) is 0 Å². The summed E-state index contributed by atoms with van der Waals surface area (Å²) >= 11 is 1.29. The Morgan fingerprint density at radius 1 is 0.939 bits per heavy atom. The summed E-state index contributed by atoms with van der Waals surface area (Å²) in [7, 11) is 0. The summed E-state index contributed by atoms with van der Waals surface area (Å²) in [5.74, 6) is -0.256. The second kappa shape index (κ2) is 11.0. The quantitative estimate of drug-likeness (QED) is 0.413. The van der Waals surface area contributed by atoms with E-state index in [4.69, 9.17) is 0 Å². The Labute approximate surface area is 196 Å². The van der Waals surface area contributed by atoms with E-state index in [0.29, 0.717) is 6.54 Å². The van der Waals surface area contributed by atoms with Gasteiger partial charge in [0.1, 0.15) is 5.50 Å². The largest absolute Gasteiger partial charge is 0.352 e. The average Bonchev–Trinajstić information content (AvgIpc) is 2.82. The highest BCUT2D eigenvalue weighted by Crippen LogP contribution is 2.23. The third-order valence-corrected chi connectivity index (χ3v) is 6.34. The summed E-state index contributed by atoms with van der Waals surface area (Å²) in [6.45, 7) is 0.450. The Bertz CT molecular complexity index is 1130. The number of hydrogen-bond donors (Lipinski definition) is 4. The van der Waals surface area contributed by atoms with E-state index in [1.165, 1.54) is 11.8 Å². The molecule has 4 rings (SSSR count). The Hall–Kier alpha value is -3.36. The highest BCUT2D eigenvalue weighted by molar-refractivity contribution is 8.00. The second-order valence-corrected chi connectivity index (χ2v) is 8.96. The second-order valence-electron chi connectivity index (χ2n) is 7.87. The van der Waals surface area contributed by atoms with Gasteiger partial charge in [-0.15, -0.1) is 11.8 Å². The van der Waals surface area contributed by atoms with Crippen LogP contribution in [0.2, 0.25) is 0 Å². The van der Waals surface area contributed by atoms with E-state index < -0.39 is 5.50 Å². The van der Waals surface area contributed by atoms with E-state index in [-0.39, 0.29) is 42.4 Å². The lowest BCUT2D eigenvalue weighted by Crippen LogP contribution is -2.56. The van der Waals surface area contributed by atoms with Crippen LogP contribution in [0, 0.1) is 0 Å². The topological polar surface area (TPSA) is 99.3 Å². The van der Waals surface area contributed by atoms with Gasteiger partial charge in [0, 0.05) is 36.5 Å². The van der Waals surface area contributed by atoms with Gasteiger partial charge in [-0.25, -0.2) is 0 Å². The summed E-state index contributed by atoms with van der Waals surface area (Å²) in [6.07, 6.45) is 0.414. The molecule has 0 bridgehead atoms. The van der Waals surface area contributed by atoms with Crippen molar-refractivity contribution in [2.75, 3.05) is 11.1 Å². The van der Waals surface area contributed by atoms with Gasteiger partial charge in [-0.1, -0.05) is 66.7 Å². The highest BCUT2D eigenvalue weighted by Gasteiger charge is 2.28. The first kappa shape index (κ1) is 22.8. The van der Waals surface area contributed by atoms with Crippen LogP contribution in [0.3, 0.4) is 0 Å². The van der Waals surface area contributed by atoms with Crippen molar-refractivity contribution in [3.63, 3.8) is 0 Å². The number of thioether (sulfide) groups is 1. The van der Waals surface area contributed by atoms with Crippen LogP contribution >= 0.6 is 11.8 Å². The SMILES string of the molecule is O=C(CC1CC(=O)NC(SCC(=O)Nc2cccc3ccccc23)N1)NCc1ccccc1. The molecule has 3 aromatic carbocycles. The minimum Gasteiger partial charge on any atom is -0.352 e. The molecule has 1 aliphatic rings. The molecular weight excluding hydrogens is 436 g/mol. The maximum Gasteiger partial charge on any atom is 0.234 e. The van der Waals surface area contributed by atoms with Gasteiger partial charge in [-0.3, -0.25) is 19.7 Å². The van der Waals surface area contributed by atoms with Crippen molar-refractivity contribution in [1.29, 1.82) is 0 Å². The Morgan fingerprint density at radius 3 is 2.55 bits per heavy atom. The molecule has 170 valence electrons. The third-order valence-electron chi connectivity index (χ3n) is 5.32. The first-order valence-electron chi connectivity index (χ1n) is 10.8. The van der Waals surface area contributed by atoms with E-state index in [9.17, 15) is 14.4 Å². The number of amides is 3. The summed E-state index contributed by atoms with van der Waals surface area (Å²) in [4.78, 5) is 37.0. The summed E-state index contributed by atoms with van der Waals surface area (Å²) in [5.41, 5.74) is 1.34. The zero-order valence-corrected chi connectivity index (χ0v) is 18.9. The van der Waals surface area contributed by atoms with Crippen LogP contribution in [0.1, 0.15) is 18.4 Å². The molecule has 0 aromatic heterocycles. The van der Waals surface area contributed by atoms with E-state index in [2.05, 4.69) is 21.3 Å². The smallest absolute Gasteiger partial charge is 0.234 e. The molecule has 4 N–H and O–H groups in total. The molecule has 2 atom stereocenters.